The molecule has 1 heterocycles. The number of benzene rings is 1. The van der Waals surface area contributed by atoms with Gasteiger partial charge in [-0.2, -0.15) is 0 Å². The molecule has 0 saturated carbocycles. The SMILES string of the molecule is CCC1COCCN1C(=O)c1cc(Cl)c(Cl)c([N+](=O)[O-])c1. The van der Waals surface area contributed by atoms with E-state index in [1.54, 1.807) is 4.90 Å². The van der Waals surface area contributed by atoms with Crippen LogP contribution in [0.25, 0.3) is 0 Å². The minimum absolute atomic E-state index is 0.00414. The molecule has 0 spiro atoms. The van der Waals surface area contributed by atoms with E-state index in [1.807, 2.05) is 6.92 Å². The highest BCUT2D eigenvalue weighted by molar-refractivity contribution is 6.43. The van der Waals surface area contributed by atoms with Gasteiger partial charge in [-0.25, -0.2) is 0 Å². The van der Waals surface area contributed by atoms with Gasteiger partial charge in [0, 0.05) is 18.2 Å². The molecule has 6 nitrogen and oxygen atoms in total. The number of nitro benzene ring substituents is 1. The van der Waals surface area contributed by atoms with E-state index in [0.717, 1.165) is 6.42 Å². The molecule has 1 saturated heterocycles. The van der Waals surface area contributed by atoms with Crippen LogP contribution in [0.3, 0.4) is 0 Å². The molecule has 0 aromatic heterocycles. The molecule has 21 heavy (non-hydrogen) atoms. The Morgan fingerprint density at radius 3 is 2.86 bits per heavy atom. The summed E-state index contributed by atoms with van der Waals surface area (Å²) in [5.41, 5.74) is -0.203. The lowest BCUT2D eigenvalue weighted by atomic mass is 10.1. The van der Waals surface area contributed by atoms with Crippen molar-refractivity contribution < 1.29 is 14.5 Å². The fourth-order valence-corrected chi connectivity index (χ4v) is 2.65. The van der Waals surface area contributed by atoms with E-state index in [2.05, 4.69) is 0 Å². The molecule has 1 atom stereocenters. The predicted octanol–water partition coefficient (Wildman–Crippen LogP) is 3.15. The van der Waals surface area contributed by atoms with Crippen molar-refractivity contribution in [1.29, 1.82) is 0 Å². The number of hydrogen-bond donors (Lipinski definition) is 0. The monoisotopic (exact) mass is 332 g/mol. The van der Waals surface area contributed by atoms with Gasteiger partial charge in [-0.3, -0.25) is 14.9 Å². The highest BCUT2D eigenvalue weighted by atomic mass is 35.5. The predicted molar refractivity (Wildman–Crippen MR) is 79.1 cm³/mol. The van der Waals surface area contributed by atoms with Gasteiger partial charge in [0.2, 0.25) is 0 Å². The van der Waals surface area contributed by atoms with E-state index in [4.69, 9.17) is 27.9 Å². The lowest BCUT2D eigenvalue weighted by molar-refractivity contribution is -0.384. The van der Waals surface area contributed by atoms with E-state index < -0.39 is 4.92 Å². The maximum Gasteiger partial charge on any atom is 0.290 e. The molecule has 1 aliphatic heterocycles. The Morgan fingerprint density at radius 1 is 1.52 bits per heavy atom. The first-order valence-electron chi connectivity index (χ1n) is 6.47. The van der Waals surface area contributed by atoms with E-state index in [-0.39, 0.29) is 33.2 Å². The molecule has 1 aliphatic rings. The smallest absolute Gasteiger partial charge is 0.290 e. The molecule has 1 unspecified atom stereocenters. The van der Waals surface area contributed by atoms with Gasteiger partial charge in [-0.15, -0.1) is 0 Å². The Hall–Kier alpha value is -1.37. The van der Waals surface area contributed by atoms with E-state index in [0.29, 0.717) is 19.8 Å². The second-order valence-corrected chi connectivity index (χ2v) is 5.47. The van der Waals surface area contributed by atoms with Crippen LogP contribution < -0.4 is 0 Å². The molecule has 8 heteroatoms. The zero-order valence-electron chi connectivity index (χ0n) is 11.3. The number of ether oxygens (including phenoxy) is 1. The normalized spacial score (nSPS) is 18.6. The molecule has 1 aromatic carbocycles. The van der Waals surface area contributed by atoms with Gasteiger partial charge >= 0.3 is 0 Å². The molecule has 114 valence electrons. The van der Waals surface area contributed by atoms with Crippen LogP contribution in [-0.2, 0) is 4.74 Å². The van der Waals surface area contributed by atoms with Crippen LogP contribution in [0.4, 0.5) is 5.69 Å². The Morgan fingerprint density at radius 2 is 2.24 bits per heavy atom. The molecule has 2 rings (SSSR count). The highest BCUT2D eigenvalue weighted by Gasteiger charge is 2.29. The van der Waals surface area contributed by atoms with Crippen molar-refractivity contribution in [1.82, 2.24) is 4.90 Å². The summed E-state index contributed by atoms with van der Waals surface area (Å²) >= 11 is 11.7. The van der Waals surface area contributed by atoms with Crippen LogP contribution in [0.15, 0.2) is 12.1 Å². The van der Waals surface area contributed by atoms with Crippen LogP contribution >= 0.6 is 23.2 Å². The first-order chi connectivity index (χ1) is 9.95. The van der Waals surface area contributed by atoms with Crippen molar-refractivity contribution in [2.45, 2.75) is 19.4 Å². The summed E-state index contributed by atoms with van der Waals surface area (Å²) in [7, 11) is 0. The fraction of sp³-hybridized carbons (Fsp3) is 0.462. The average Bonchev–Trinajstić information content (AvgIpc) is 2.48. The molecule has 0 N–H and O–H groups in total. The van der Waals surface area contributed by atoms with E-state index >= 15 is 0 Å². The Bertz CT molecular complexity index is 580. The number of halogens is 2. The Balaban J connectivity index is 2.36. The largest absolute Gasteiger partial charge is 0.377 e. The number of carbonyl (C=O) groups is 1. The molecule has 0 aliphatic carbocycles. The number of carbonyl (C=O) groups excluding carboxylic acids is 1. The van der Waals surface area contributed by atoms with Crippen molar-refractivity contribution in [3.63, 3.8) is 0 Å². The molecule has 1 aromatic rings. The summed E-state index contributed by atoms with van der Waals surface area (Å²) < 4.78 is 5.34. The number of morpholine rings is 1. The van der Waals surface area contributed by atoms with Crippen LogP contribution in [-0.4, -0.2) is 41.5 Å². The van der Waals surface area contributed by atoms with Crippen molar-refractivity contribution in [3.8, 4) is 0 Å². The third kappa shape index (κ3) is 3.28. The van der Waals surface area contributed by atoms with Gasteiger partial charge in [0.15, 0.2) is 0 Å². The van der Waals surface area contributed by atoms with E-state index in [9.17, 15) is 14.9 Å². The first kappa shape index (κ1) is 16.0. The van der Waals surface area contributed by atoms with E-state index in [1.165, 1.54) is 12.1 Å². The second kappa shape index (κ2) is 6.60. The van der Waals surface area contributed by atoms with Gasteiger partial charge < -0.3 is 9.64 Å². The quantitative estimate of drug-likeness (QED) is 0.629. The van der Waals surface area contributed by atoms with Gasteiger partial charge in [-0.05, 0) is 12.5 Å². The lowest BCUT2D eigenvalue weighted by Crippen LogP contribution is -2.48. The van der Waals surface area contributed by atoms with Crippen LogP contribution in [0, 0.1) is 10.1 Å². The van der Waals surface area contributed by atoms with Crippen molar-refractivity contribution in [2.24, 2.45) is 0 Å². The standard InChI is InChI=1S/C13H14Cl2N2O4/c1-2-9-7-21-4-3-16(9)13(18)8-5-10(14)12(15)11(6-8)17(19)20/h5-6,9H,2-4,7H2,1H3. The first-order valence-corrected chi connectivity index (χ1v) is 7.23. The minimum atomic E-state index is -0.651. The molecule has 1 fully saturated rings. The zero-order chi connectivity index (χ0) is 15.6. The van der Waals surface area contributed by atoms with Gasteiger partial charge in [0.25, 0.3) is 11.6 Å². The second-order valence-electron chi connectivity index (χ2n) is 4.68. The molecular weight excluding hydrogens is 319 g/mol. The van der Waals surface area contributed by atoms with Crippen molar-refractivity contribution in [3.05, 3.63) is 37.9 Å². The van der Waals surface area contributed by atoms with Crippen molar-refractivity contribution in [2.75, 3.05) is 19.8 Å². The summed E-state index contributed by atoms with van der Waals surface area (Å²) in [5, 5.41) is 10.8. The Labute approximate surface area is 131 Å². The summed E-state index contributed by atoms with van der Waals surface area (Å²) in [6.45, 7) is 3.32. The lowest BCUT2D eigenvalue weighted by Gasteiger charge is -2.35. The maximum absolute atomic E-state index is 12.6. The average molecular weight is 333 g/mol. The Kier molecular flexibility index (Phi) is 5.03. The minimum Gasteiger partial charge on any atom is -0.377 e. The number of nitrogens with zero attached hydrogens (tertiary/aromatic N) is 2. The third-order valence-electron chi connectivity index (χ3n) is 3.41. The fourth-order valence-electron chi connectivity index (χ4n) is 2.26. The zero-order valence-corrected chi connectivity index (χ0v) is 12.9. The van der Waals surface area contributed by atoms with Gasteiger partial charge in [0.05, 0.1) is 29.2 Å². The number of amides is 1. The number of rotatable bonds is 3. The molecular formula is C13H14Cl2N2O4. The summed E-state index contributed by atoms with van der Waals surface area (Å²) in [5.74, 6) is -0.299. The number of nitro groups is 1. The summed E-state index contributed by atoms with van der Waals surface area (Å²) in [6, 6.07) is 2.49. The van der Waals surface area contributed by atoms with Crippen LogP contribution in [0.1, 0.15) is 23.7 Å². The van der Waals surface area contributed by atoms with Gasteiger partial charge in [0.1, 0.15) is 5.02 Å². The highest BCUT2D eigenvalue weighted by Crippen LogP contribution is 2.33. The van der Waals surface area contributed by atoms with Crippen LogP contribution in [0.2, 0.25) is 10.0 Å². The van der Waals surface area contributed by atoms with Gasteiger partial charge in [-0.1, -0.05) is 30.1 Å². The van der Waals surface area contributed by atoms with Crippen LogP contribution in [0.5, 0.6) is 0 Å². The topological polar surface area (TPSA) is 72.7 Å². The third-order valence-corrected chi connectivity index (χ3v) is 4.20. The molecule has 0 bridgehead atoms. The number of hydrogen-bond acceptors (Lipinski definition) is 4. The van der Waals surface area contributed by atoms with Crippen molar-refractivity contribution >= 4 is 34.8 Å². The molecule has 1 amide bonds. The molecule has 0 radical (unpaired) electrons. The summed E-state index contributed by atoms with van der Waals surface area (Å²) in [4.78, 5) is 24.5. The maximum atomic E-state index is 12.6. The summed E-state index contributed by atoms with van der Waals surface area (Å²) in [6.07, 6.45) is 0.745.